The molecule has 0 unspecified atom stereocenters. The summed E-state index contributed by atoms with van der Waals surface area (Å²) in [6.07, 6.45) is 0. The van der Waals surface area contributed by atoms with Gasteiger partial charge in [-0.2, -0.15) is 0 Å². The number of carbonyl (C=O) groups excluding carboxylic acids is 1. The molecular formula is C18H14Cl2N2O3. The standard InChI is InChI=1S/C18H14Cl2N2O3/c1-10-15(18(23)21-11-6-8-12(24-2)9-7-11)17(22-25-10)16-13(19)4-3-5-14(16)20/h3-9H,1-2H3,(H,21,23). The van der Waals surface area contributed by atoms with Crippen molar-refractivity contribution in [3.63, 3.8) is 0 Å². The van der Waals surface area contributed by atoms with Crippen LogP contribution in [0.5, 0.6) is 5.75 Å². The van der Waals surface area contributed by atoms with Gasteiger partial charge in [-0.15, -0.1) is 0 Å². The highest BCUT2D eigenvalue weighted by molar-refractivity contribution is 6.39. The molecule has 25 heavy (non-hydrogen) atoms. The van der Waals surface area contributed by atoms with Gasteiger partial charge in [0.05, 0.1) is 17.2 Å². The highest BCUT2D eigenvalue weighted by Crippen LogP contribution is 2.37. The third kappa shape index (κ3) is 3.48. The highest BCUT2D eigenvalue weighted by atomic mass is 35.5. The number of halogens is 2. The molecule has 5 nitrogen and oxygen atoms in total. The van der Waals surface area contributed by atoms with Gasteiger partial charge < -0.3 is 14.6 Å². The van der Waals surface area contributed by atoms with Crippen LogP contribution in [-0.4, -0.2) is 18.2 Å². The molecule has 0 bridgehead atoms. The molecule has 7 heteroatoms. The summed E-state index contributed by atoms with van der Waals surface area (Å²) in [6.45, 7) is 1.66. The quantitative estimate of drug-likeness (QED) is 0.677. The Balaban J connectivity index is 1.97. The Kier molecular flexibility index (Phi) is 4.97. The lowest BCUT2D eigenvalue weighted by Crippen LogP contribution is -2.13. The van der Waals surface area contributed by atoms with E-state index >= 15 is 0 Å². The summed E-state index contributed by atoms with van der Waals surface area (Å²) < 4.78 is 10.3. The zero-order valence-electron chi connectivity index (χ0n) is 13.5. The Morgan fingerprint density at radius 3 is 2.36 bits per heavy atom. The van der Waals surface area contributed by atoms with Crippen LogP contribution < -0.4 is 10.1 Å². The molecule has 1 N–H and O–H groups in total. The highest BCUT2D eigenvalue weighted by Gasteiger charge is 2.24. The van der Waals surface area contributed by atoms with Gasteiger partial charge in [0.25, 0.3) is 5.91 Å². The summed E-state index contributed by atoms with van der Waals surface area (Å²) in [5, 5.41) is 7.55. The number of methoxy groups -OCH3 is 1. The molecule has 2 aromatic carbocycles. The SMILES string of the molecule is COc1ccc(NC(=O)c2c(-c3c(Cl)cccc3Cl)noc2C)cc1. The predicted molar refractivity (Wildman–Crippen MR) is 97.6 cm³/mol. The van der Waals surface area contributed by atoms with E-state index in [9.17, 15) is 4.79 Å². The molecule has 1 amide bonds. The van der Waals surface area contributed by atoms with Gasteiger partial charge in [0.2, 0.25) is 0 Å². The summed E-state index contributed by atoms with van der Waals surface area (Å²) in [5.41, 5.74) is 1.66. The second-order valence-corrected chi connectivity index (χ2v) is 6.06. The van der Waals surface area contributed by atoms with E-state index in [1.54, 1.807) is 56.5 Å². The molecular weight excluding hydrogens is 363 g/mol. The zero-order valence-corrected chi connectivity index (χ0v) is 15.0. The van der Waals surface area contributed by atoms with Gasteiger partial charge in [0, 0.05) is 11.3 Å². The first-order chi connectivity index (χ1) is 12.0. The third-order valence-electron chi connectivity index (χ3n) is 3.64. The maximum Gasteiger partial charge on any atom is 0.261 e. The number of hydrogen-bond donors (Lipinski definition) is 1. The first kappa shape index (κ1) is 17.3. The largest absolute Gasteiger partial charge is 0.497 e. The summed E-state index contributed by atoms with van der Waals surface area (Å²) >= 11 is 12.5. The van der Waals surface area contributed by atoms with Gasteiger partial charge in [-0.3, -0.25) is 4.79 Å². The average molecular weight is 377 g/mol. The fourth-order valence-electron chi connectivity index (χ4n) is 2.40. The van der Waals surface area contributed by atoms with Crippen LogP contribution in [0.3, 0.4) is 0 Å². The number of amides is 1. The van der Waals surface area contributed by atoms with E-state index in [1.807, 2.05) is 0 Å². The average Bonchev–Trinajstić information content (AvgIpc) is 2.97. The number of aryl methyl sites for hydroxylation is 1. The molecule has 1 heterocycles. The van der Waals surface area contributed by atoms with Crippen molar-refractivity contribution in [2.24, 2.45) is 0 Å². The third-order valence-corrected chi connectivity index (χ3v) is 4.27. The van der Waals surface area contributed by atoms with Crippen LogP contribution in [0.2, 0.25) is 10.0 Å². The van der Waals surface area contributed by atoms with Crippen LogP contribution in [0, 0.1) is 6.92 Å². The van der Waals surface area contributed by atoms with Crippen molar-refractivity contribution in [1.29, 1.82) is 0 Å². The van der Waals surface area contributed by atoms with Crippen LogP contribution in [0.4, 0.5) is 5.69 Å². The summed E-state index contributed by atoms with van der Waals surface area (Å²) in [6, 6.07) is 12.1. The number of anilines is 1. The van der Waals surface area contributed by atoms with Gasteiger partial charge in [0.15, 0.2) is 0 Å². The van der Waals surface area contributed by atoms with E-state index in [0.717, 1.165) is 0 Å². The van der Waals surface area contributed by atoms with Crippen LogP contribution in [-0.2, 0) is 0 Å². The number of hydrogen-bond acceptors (Lipinski definition) is 4. The van der Waals surface area contributed by atoms with Crippen LogP contribution >= 0.6 is 23.2 Å². The lowest BCUT2D eigenvalue weighted by atomic mass is 10.1. The van der Waals surface area contributed by atoms with E-state index < -0.39 is 0 Å². The van der Waals surface area contributed by atoms with Gasteiger partial charge in [-0.25, -0.2) is 0 Å². The maximum absolute atomic E-state index is 12.7. The first-order valence-electron chi connectivity index (χ1n) is 7.37. The Labute approximate surface area is 154 Å². The minimum atomic E-state index is -0.366. The molecule has 0 aliphatic heterocycles. The van der Waals surface area contributed by atoms with E-state index in [2.05, 4.69) is 10.5 Å². The van der Waals surface area contributed by atoms with Crippen LogP contribution in [0.25, 0.3) is 11.3 Å². The molecule has 0 atom stereocenters. The number of nitrogens with one attached hydrogen (secondary N) is 1. The van der Waals surface area contributed by atoms with Gasteiger partial charge >= 0.3 is 0 Å². The minimum absolute atomic E-state index is 0.283. The molecule has 1 aromatic heterocycles. The maximum atomic E-state index is 12.7. The zero-order chi connectivity index (χ0) is 18.0. The Morgan fingerprint density at radius 2 is 1.76 bits per heavy atom. The molecule has 0 aliphatic rings. The first-order valence-corrected chi connectivity index (χ1v) is 8.13. The fraction of sp³-hybridized carbons (Fsp3) is 0.111. The van der Waals surface area contributed by atoms with Crippen molar-refractivity contribution in [3.8, 4) is 17.0 Å². The number of carbonyl (C=O) groups is 1. The van der Waals surface area contributed by atoms with Crippen molar-refractivity contribution in [2.75, 3.05) is 12.4 Å². The van der Waals surface area contributed by atoms with E-state index in [0.29, 0.717) is 38.5 Å². The summed E-state index contributed by atoms with van der Waals surface area (Å²) in [5.74, 6) is 0.703. The van der Waals surface area contributed by atoms with Gasteiger partial charge in [-0.1, -0.05) is 34.4 Å². The molecule has 0 fully saturated rings. The van der Waals surface area contributed by atoms with Crippen molar-refractivity contribution in [2.45, 2.75) is 6.92 Å². The molecule has 3 rings (SSSR count). The van der Waals surface area contributed by atoms with Crippen molar-refractivity contribution < 1.29 is 14.1 Å². The van der Waals surface area contributed by atoms with E-state index in [-0.39, 0.29) is 11.5 Å². The Morgan fingerprint density at radius 1 is 1.12 bits per heavy atom. The minimum Gasteiger partial charge on any atom is -0.497 e. The van der Waals surface area contributed by atoms with Crippen molar-refractivity contribution in [3.05, 3.63) is 63.8 Å². The second kappa shape index (κ2) is 7.17. The molecule has 0 aliphatic carbocycles. The molecule has 0 spiro atoms. The molecule has 3 aromatic rings. The van der Waals surface area contributed by atoms with Gasteiger partial charge in [0.1, 0.15) is 22.8 Å². The molecule has 128 valence electrons. The van der Waals surface area contributed by atoms with Crippen LogP contribution in [0.15, 0.2) is 47.0 Å². The normalized spacial score (nSPS) is 10.6. The smallest absolute Gasteiger partial charge is 0.261 e. The van der Waals surface area contributed by atoms with E-state index in [4.69, 9.17) is 32.5 Å². The number of benzene rings is 2. The molecule has 0 saturated carbocycles. The van der Waals surface area contributed by atoms with Crippen molar-refractivity contribution >= 4 is 34.8 Å². The molecule has 0 saturated heterocycles. The number of aromatic nitrogens is 1. The lowest BCUT2D eigenvalue weighted by Gasteiger charge is -2.08. The van der Waals surface area contributed by atoms with E-state index in [1.165, 1.54) is 0 Å². The Bertz CT molecular complexity index is 900. The monoisotopic (exact) mass is 376 g/mol. The lowest BCUT2D eigenvalue weighted by molar-refractivity contribution is 0.102. The van der Waals surface area contributed by atoms with Crippen LogP contribution in [0.1, 0.15) is 16.1 Å². The second-order valence-electron chi connectivity index (χ2n) is 5.24. The Hall–Kier alpha value is -2.50. The van der Waals surface area contributed by atoms with Gasteiger partial charge in [-0.05, 0) is 43.3 Å². The topological polar surface area (TPSA) is 64.4 Å². The number of rotatable bonds is 4. The fourth-order valence-corrected chi connectivity index (χ4v) is 2.98. The summed E-state index contributed by atoms with van der Waals surface area (Å²) in [4.78, 5) is 12.7. The summed E-state index contributed by atoms with van der Waals surface area (Å²) in [7, 11) is 1.58. The number of nitrogens with zero attached hydrogens (tertiary/aromatic N) is 1. The van der Waals surface area contributed by atoms with Crippen molar-refractivity contribution in [1.82, 2.24) is 5.16 Å². The predicted octanol–water partition coefficient (Wildman–Crippen LogP) is 5.22. The molecule has 0 radical (unpaired) electrons. The number of ether oxygens (including phenoxy) is 1.